The Labute approximate surface area is 87.8 Å². The topological polar surface area (TPSA) is 12.9 Å². The van der Waals surface area contributed by atoms with E-state index in [2.05, 4.69) is 35.5 Å². The van der Waals surface area contributed by atoms with Crippen molar-refractivity contribution in [3.63, 3.8) is 0 Å². The van der Waals surface area contributed by atoms with Crippen molar-refractivity contribution < 1.29 is 0 Å². The van der Waals surface area contributed by atoms with E-state index in [4.69, 9.17) is 0 Å². The molecule has 0 aliphatic carbocycles. The summed E-state index contributed by atoms with van der Waals surface area (Å²) in [6, 6.07) is 6.17. The quantitative estimate of drug-likeness (QED) is 0.723. The van der Waals surface area contributed by atoms with Crippen LogP contribution >= 0.6 is 11.3 Å². The van der Waals surface area contributed by atoms with Crippen molar-refractivity contribution in [2.75, 3.05) is 0 Å². The third-order valence-corrected chi connectivity index (χ3v) is 2.80. The maximum absolute atomic E-state index is 3.97. The lowest BCUT2D eigenvalue weighted by atomic mass is 10.2. The van der Waals surface area contributed by atoms with Gasteiger partial charge in [0, 0.05) is 17.3 Å². The summed E-state index contributed by atoms with van der Waals surface area (Å²) in [6.07, 6.45) is 7.83. The van der Waals surface area contributed by atoms with Gasteiger partial charge in [-0.2, -0.15) is 0 Å². The van der Waals surface area contributed by atoms with E-state index in [1.165, 1.54) is 16.0 Å². The minimum absolute atomic E-state index is 1.18. The fraction of sp³-hybridized carbons (Fsp3) is 0.0833. The van der Waals surface area contributed by atoms with Crippen LogP contribution in [-0.2, 0) is 0 Å². The van der Waals surface area contributed by atoms with Crippen LogP contribution in [0.4, 0.5) is 0 Å². The summed E-state index contributed by atoms with van der Waals surface area (Å²) in [5.74, 6) is 0. The van der Waals surface area contributed by atoms with Crippen LogP contribution < -0.4 is 0 Å². The van der Waals surface area contributed by atoms with E-state index < -0.39 is 0 Å². The smallest absolute Gasteiger partial charge is 0.0273 e. The summed E-state index contributed by atoms with van der Waals surface area (Å²) in [7, 11) is 0. The molecule has 2 heterocycles. The van der Waals surface area contributed by atoms with Crippen LogP contribution in [0.15, 0.2) is 36.0 Å². The average Bonchev–Trinajstić information content (AvgIpc) is 2.63. The molecule has 0 atom stereocenters. The van der Waals surface area contributed by atoms with Gasteiger partial charge in [0.1, 0.15) is 0 Å². The highest BCUT2D eigenvalue weighted by molar-refractivity contribution is 7.10. The van der Waals surface area contributed by atoms with Crippen LogP contribution in [0.3, 0.4) is 0 Å². The number of rotatable bonds is 2. The maximum Gasteiger partial charge on any atom is 0.0273 e. The number of aromatic nitrogens is 1. The van der Waals surface area contributed by atoms with Crippen molar-refractivity contribution >= 4 is 23.5 Å². The highest BCUT2D eigenvalue weighted by Crippen LogP contribution is 2.15. The molecular weight excluding hydrogens is 190 g/mol. The molecule has 0 aliphatic rings. The Hall–Kier alpha value is -1.41. The van der Waals surface area contributed by atoms with Crippen molar-refractivity contribution in [3.8, 4) is 0 Å². The zero-order valence-electron chi connectivity index (χ0n) is 7.97. The molecule has 0 spiro atoms. The zero-order chi connectivity index (χ0) is 9.80. The molecule has 0 radical (unpaired) electrons. The van der Waals surface area contributed by atoms with Gasteiger partial charge in [-0.1, -0.05) is 12.2 Å². The zero-order valence-corrected chi connectivity index (χ0v) is 8.79. The first-order valence-corrected chi connectivity index (χ1v) is 5.36. The van der Waals surface area contributed by atoms with Crippen LogP contribution in [0.1, 0.15) is 16.0 Å². The monoisotopic (exact) mass is 201 g/mol. The normalized spacial score (nSPS) is 10.9. The number of hydrogen-bond donors (Lipinski definition) is 0. The van der Waals surface area contributed by atoms with Crippen molar-refractivity contribution in [2.24, 2.45) is 0 Å². The third-order valence-electron chi connectivity index (χ3n) is 1.93. The molecule has 0 unspecified atom stereocenters. The van der Waals surface area contributed by atoms with Crippen molar-refractivity contribution in [1.82, 2.24) is 4.98 Å². The summed E-state index contributed by atoms with van der Waals surface area (Å²) in [4.78, 5) is 5.32. The van der Waals surface area contributed by atoms with Gasteiger partial charge in [-0.05, 0) is 41.6 Å². The molecule has 0 saturated heterocycles. The largest absolute Gasteiger partial charge is 0.265 e. The Bertz CT molecular complexity index is 429. The number of thiophene rings is 1. The second kappa shape index (κ2) is 4.20. The average molecular weight is 201 g/mol. The Kier molecular flexibility index (Phi) is 2.75. The van der Waals surface area contributed by atoms with Gasteiger partial charge >= 0.3 is 0 Å². The molecule has 0 amide bonds. The molecule has 0 aliphatic heterocycles. The van der Waals surface area contributed by atoms with E-state index in [-0.39, 0.29) is 0 Å². The number of hydrogen-bond acceptors (Lipinski definition) is 2. The van der Waals surface area contributed by atoms with Crippen molar-refractivity contribution in [1.29, 1.82) is 0 Å². The van der Waals surface area contributed by atoms with E-state index >= 15 is 0 Å². The molecule has 14 heavy (non-hydrogen) atoms. The predicted octanol–water partition coefficient (Wildman–Crippen LogP) is 3.62. The Balaban J connectivity index is 2.15. The van der Waals surface area contributed by atoms with Crippen LogP contribution in [0.25, 0.3) is 12.2 Å². The third kappa shape index (κ3) is 2.30. The molecular formula is C12H11NS. The summed E-state index contributed by atoms with van der Waals surface area (Å²) in [5.41, 5.74) is 2.45. The molecule has 0 fully saturated rings. The molecule has 2 aromatic heterocycles. The molecule has 0 bridgehead atoms. The molecule has 2 rings (SSSR count). The molecule has 2 aromatic rings. The van der Waals surface area contributed by atoms with Crippen LogP contribution in [0.5, 0.6) is 0 Å². The number of pyridine rings is 1. The van der Waals surface area contributed by atoms with Gasteiger partial charge in [0.05, 0.1) is 0 Å². The molecule has 0 N–H and O–H groups in total. The van der Waals surface area contributed by atoms with Gasteiger partial charge in [0.2, 0.25) is 0 Å². The highest BCUT2D eigenvalue weighted by atomic mass is 32.1. The van der Waals surface area contributed by atoms with Gasteiger partial charge in [-0.15, -0.1) is 11.3 Å². The molecule has 70 valence electrons. The minimum Gasteiger partial charge on any atom is -0.265 e. The molecule has 2 heteroatoms. The van der Waals surface area contributed by atoms with E-state index in [0.717, 1.165) is 0 Å². The van der Waals surface area contributed by atoms with Crippen LogP contribution in [-0.4, -0.2) is 4.98 Å². The lowest BCUT2D eigenvalue weighted by molar-refractivity contribution is 1.32. The second-order valence-corrected chi connectivity index (χ2v) is 4.22. The van der Waals surface area contributed by atoms with Crippen molar-refractivity contribution in [2.45, 2.75) is 6.92 Å². The summed E-state index contributed by atoms with van der Waals surface area (Å²) in [5, 5.41) is 2.16. The lowest BCUT2D eigenvalue weighted by Crippen LogP contribution is -1.71. The predicted molar refractivity (Wildman–Crippen MR) is 62.2 cm³/mol. The number of nitrogens with zero attached hydrogens (tertiary/aromatic N) is 1. The van der Waals surface area contributed by atoms with Crippen LogP contribution in [0.2, 0.25) is 0 Å². The van der Waals surface area contributed by atoms with E-state index in [1.807, 2.05) is 12.1 Å². The molecule has 0 aromatic carbocycles. The van der Waals surface area contributed by atoms with E-state index in [0.29, 0.717) is 0 Å². The first-order valence-electron chi connectivity index (χ1n) is 4.48. The maximum atomic E-state index is 3.97. The SMILES string of the molecule is Cc1cc(/C=C/c2ccncc2)cs1. The summed E-state index contributed by atoms with van der Waals surface area (Å²) >= 11 is 1.78. The van der Waals surface area contributed by atoms with Gasteiger partial charge < -0.3 is 0 Å². The van der Waals surface area contributed by atoms with Crippen LogP contribution in [0, 0.1) is 6.92 Å². The fourth-order valence-electron chi connectivity index (χ4n) is 1.22. The first-order chi connectivity index (χ1) is 6.84. The standard InChI is InChI=1S/C12H11NS/c1-10-8-12(9-14-10)3-2-11-4-6-13-7-5-11/h2-9H,1H3/b3-2+. The van der Waals surface area contributed by atoms with Gasteiger partial charge in [-0.25, -0.2) is 0 Å². The van der Waals surface area contributed by atoms with E-state index in [1.54, 1.807) is 23.7 Å². The van der Waals surface area contributed by atoms with Gasteiger partial charge in [0.15, 0.2) is 0 Å². The fourth-order valence-corrected chi connectivity index (χ4v) is 1.89. The Morgan fingerprint density at radius 1 is 1.14 bits per heavy atom. The second-order valence-electron chi connectivity index (χ2n) is 3.10. The molecule has 1 nitrogen and oxygen atoms in total. The molecule has 0 saturated carbocycles. The summed E-state index contributed by atoms with van der Waals surface area (Å²) < 4.78 is 0. The Morgan fingerprint density at radius 3 is 2.50 bits per heavy atom. The van der Waals surface area contributed by atoms with Gasteiger partial charge in [0.25, 0.3) is 0 Å². The summed E-state index contributed by atoms with van der Waals surface area (Å²) in [6.45, 7) is 2.12. The Morgan fingerprint density at radius 2 is 1.86 bits per heavy atom. The minimum atomic E-state index is 1.18. The van der Waals surface area contributed by atoms with Gasteiger partial charge in [-0.3, -0.25) is 4.98 Å². The van der Waals surface area contributed by atoms with Crippen molar-refractivity contribution in [3.05, 3.63) is 52.0 Å². The number of aryl methyl sites for hydroxylation is 1. The lowest BCUT2D eigenvalue weighted by Gasteiger charge is -1.89. The highest BCUT2D eigenvalue weighted by Gasteiger charge is 1.90. The first kappa shape index (κ1) is 9.16. The van der Waals surface area contributed by atoms with E-state index in [9.17, 15) is 0 Å².